The van der Waals surface area contributed by atoms with Gasteiger partial charge >= 0.3 is 0 Å². The standard InChI is InChI=1S/C21H17N5O3S/c1-3-9-29-16-7-6-13(11-17(16)28-2)10-15-18(22)26-21(24-19(15)27)30-20(25-26)14-5-4-8-23-12-14/h3-8,10-12,22H,1,9H2,2H3. The molecule has 2 aliphatic heterocycles. The van der Waals surface area contributed by atoms with Gasteiger partial charge in [-0.3, -0.25) is 15.2 Å². The molecule has 2 aliphatic rings. The van der Waals surface area contributed by atoms with Crippen molar-refractivity contribution in [3.8, 4) is 11.5 Å². The zero-order valence-electron chi connectivity index (χ0n) is 16.0. The van der Waals surface area contributed by atoms with Crippen LogP contribution in [-0.2, 0) is 4.79 Å². The zero-order chi connectivity index (χ0) is 21.1. The summed E-state index contributed by atoms with van der Waals surface area (Å²) in [5.74, 6) is 0.542. The van der Waals surface area contributed by atoms with E-state index in [4.69, 9.17) is 14.9 Å². The molecule has 0 unspecified atom stereocenters. The lowest BCUT2D eigenvalue weighted by atomic mass is 10.1. The molecule has 0 fully saturated rings. The number of hydrogen-bond acceptors (Lipinski definition) is 7. The van der Waals surface area contributed by atoms with Crippen molar-refractivity contribution >= 4 is 39.8 Å². The van der Waals surface area contributed by atoms with Gasteiger partial charge in [0.2, 0.25) is 5.17 Å². The van der Waals surface area contributed by atoms with Gasteiger partial charge in [-0.15, -0.1) is 0 Å². The fourth-order valence-corrected chi connectivity index (χ4v) is 3.69. The van der Waals surface area contributed by atoms with Crippen molar-refractivity contribution in [2.45, 2.75) is 0 Å². The van der Waals surface area contributed by atoms with Crippen molar-refractivity contribution in [1.29, 1.82) is 5.41 Å². The highest BCUT2D eigenvalue weighted by atomic mass is 32.2. The van der Waals surface area contributed by atoms with E-state index in [0.29, 0.717) is 33.9 Å². The second-order valence-electron chi connectivity index (χ2n) is 6.18. The fourth-order valence-electron chi connectivity index (χ4n) is 2.81. The molecule has 0 aliphatic carbocycles. The normalized spacial score (nSPS) is 16.8. The van der Waals surface area contributed by atoms with Crippen molar-refractivity contribution in [2.75, 3.05) is 13.7 Å². The Morgan fingerprint density at radius 2 is 2.17 bits per heavy atom. The molecule has 0 bridgehead atoms. The first-order valence-corrected chi connectivity index (χ1v) is 9.74. The topological polar surface area (TPSA) is 100 Å². The van der Waals surface area contributed by atoms with Gasteiger partial charge in [-0.1, -0.05) is 18.7 Å². The van der Waals surface area contributed by atoms with E-state index in [0.717, 1.165) is 5.56 Å². The van der Waals surface area contributed by atoms with Gasteiger partial charge in [-0.25, -0.2) is 0 Å². The Morgan fingerprint density at radius 1 is 1.30 bits per heavy atom. The molecular formula is C21H17N5O3S. The lowest BCUT2D eigenvalue weighted by Gasteiger charge is -2.20. The van der Waals surface area contributed by atoms with E-state index in [1.54, 1.807) is 48.8 Å². The zero-order valence-corrected chi connectivity index (χ0v) is 16.8. The number of amides is 1. The Balaban J connectivity index is 1.64. The number of carbonyl (C=O) groups is 1. The number of ether oxygens (including phenoxy) is 2. The Bertz CT molecular complexity index is 1120. The van der Waals surface area contributed by atoms with Gasteiger partial charge in [-0.2, -0.15) is 15.1 Å². The SMILES string of the molecule is C=CCOc1ccc(C=C2C(=N)N3N=C(c4cccnc4)SC3=NC2=O)cc1OC. The van der Waals surface area contributed by atoms with Gasteiger partial charge in [0.05, 0.1) is 12.7 Å². The van der Waals surface area contributed by atoms with E-state index in [-0.39, 0.29) is 11.4 Å². The largest absolute Gasteiger partial charge is 0.493 e. The average molecular weight is 419 g/mol. The lowest BCUT2D eigenvalue weighted by molar-refractivity contribution is -0.114. The quantitative estimate of drug-likeness (QED) is 0.569. The highest BCUT2D eigenvalue weighted by Crippen LogP contribution is 2.32. The number of hydrazone groups is 1. The van der Waals surface area contributed by atoms with E-state index in [1.807, 2.05) is 6.07 Å². The van der Waals surface area contributed by atoms with Crippen LogP contribution in [0.2, 0.25) is 0 Å². The molecule has 30 heavy (non-hydrogen) atoms. The summed E-state index contributed by atoms with van der Waals surface area (Å²) < 4.78 is 10.9. The summed E-state index contributed by atoms with van der Waals surface area (Å²) in [5.41, 5.74) is 1.61. The van der Waals surface area contributed by atoms with Crippen LogP contribution < -0.4 is 9.47 Å². The van der Waals surface area contributed by atoms with Gasteiger partial charge in [0.15, 0.2) is 17.3 Å². The van der Waals surface area contributed by atoms with Crippen LogP contribution in [0.4, 0.5) is 0 Å². The summed E-state index contributed by atoms with van der Waals surface area (Å²) in [4.78, 5) is 20.8. The average Bonchev–Trinajstić information content (AvgIpc) is 3.20. The molecule has 0 spiro atoms. The number of hydrogen-bond donors (Lipinski definition) is 1. The van der Waals surface area contributed by atoms with Crippen LogP contribution in [0.5, 0.6) is 11.5 Å². The molecular weight excluding hydrogens is 402 g/mol. The second-order valence-corrected chi connectivity index (χ2v) is 7.13. The Labute approximate surface area is 177 Å². The molecule has 0 saturated heterocycles. The number of benzene rings is 1. The Kier molecular flexibility index (Phi) is 5.44. The van der Waals surface area contributed by atoms with Crippen molar-refractivity contribution in [3.63, 3.8) is 0 Å². The number of nitrogens with one attached hydrogen (secondary N) is 1. The van der Waals surface area contributed by atoms with Gasteiger partial charge in [0.25, 0.3) is 5.91 Å². The number of nitrogens with zero attached hydrogens (tertiary/aromatic N) is 4. The fraction of sp³-hybridized carbons (Fsp3) is 0.0952. The molecule has 9 heteroatoms. The number of pyridine rings is 1. The maximum absolute atomic E-state index is 12.6. The molecule has 8 nitrogen and oxygen atoms in total. The maximum Gasteiger partial charge on any atom is 0.283 e. The minimum absolute atomic E-state index is 0.0395. The highest BCUT2D eigenvalue weighted by molar-refractivity contribution is 8.27. The number of carbonyl (C=O) groups excluding carboxylic acids is 1. The first kappa shape index (κ1) is 19.6. The van der Waals surface area contributed by atoms with E-state index >= 15 is 0 Å². The number of rotatable bonds is 6. The number of aromatic nitrogens is 1. The van der Waals surface area contributed by atoms with Crippen LogP contribution in [0.15, 0.2) is 71.0 Å². The van der Waals surface area contributed by atoms with Gasteiger partial charge in [-0.05, 0) is 47.7 Å². The van der Waals surface area contributed by atoms with Crippen LogP contribution in [0.25, 0.3) is 6.08 Å². The number of thioether (sulfide) groups is 1. The Morgan fingerprint density at radius 3 is 2.90 bits per heavy atom. The summed E-state index contributed by atoms with van der Waals surface area (Å²) in [6.07, 6.45) is 6.58. The number of methoxy groups -OCH3 is 1. The second kappa shape index (κ2) is 8.34. The van der Waals surface area contributed by atoms with E-state index < -0.39 is 5.91 Å². The van der Waals surface area contributed by atoms with Crippen LogP contribution in [0.1, 0.15) is 11.1 Å². The van der Waals surface area contributed by atoms with Crippen LogP contribution >= 0.6 is 11.8 Å². The molecule has 3 heterocycles. The first-order chi connectivity index (χ1) is 14.6. The number of fused-ring (bicyclic) bond motifs is 1. The summed E-state index contributed by atoms with van der Waals surface area (Å²) in [6.45, 7) is 3.97. The third kappa shape index (κ3) is 3.74. The van der Waals surface area contributed by atoms with Gasteiger partial charge in [0, 0.05) is 18.0 Å². The maximum atomic E-state index is 12.6. The third-order valence-corrected chi connectivity index (χ3v) is 5.18. The molecule has 4 rings (SSSR count). The highest BCUT2D eigenvalue weighted by Gasteiger charge is 2.36. The van der Waals surface area contributed by atoms with Crippen molar-refractivity contribution < 1.29 is 14.3 Å². The summed E-state index contributed by atoms with van der Waals surface area (Å²) in [6, 6.07) is 8.91. The number of aliphatic imine (C=N–C) groups is 1. The monoisotopic (exact) mass is 419 g/mol. The summed E-state index contributed by atoms with van der Waals surface area (Å²) in [7, 11) is 1.54. The van der Waals surface area contributed by atoms with Crippen LogP contribution in [-0.4, -0.2) is 45.7 Å². The predicted octanol–water partition coefficient (Wildman–Crippen LogP) is 3.32. The molecule has 0 radical (unpaired) electrons. The van der Waals surface area contributed by atoms with Crippen molar-refractivity contribution in [2.24, 2.45) is 10.1 Å². The van der Waals surface area contributed by atoms with Crippen molar-refractivity contribution in [1.82, 2.24) is 9.99 Å². The molecule has 1 aromatic carbocycles. The molecule has 1 aromatic heterocycles. The molecule has 150 valence electrons. The summed E-state index contributed by atoms with van der Waals surface area (Å²) >= 11 is 1.23. The predicted molar refractivity (Wildman–Crippen MR) is 117 cm³/mol. The van der Waals surface area contributed by atoms with E-state index in [1.165, 1.54) is 23.9 Å². The van der Waals surface area contributed by atoms with E-state index in [2.05, 4.69) is 21.7 Å². The van der Waals surface area contributed by atoms with Crippen molar-refractivity contribution in [3.05, 3.63) is 72.1 Å². The first-order valence-electron chi connectivity index (χ1n) is 8.93. The number of amidine groups is 2. The lowest BCUT2D eigenvalue weighted by Crippen LogP contribution is -2.35. The molecule has 2 aromatic rings. The minimum atomic E-state index is -0.493. The third-order valence-electron chi connectivity index (χ3n) is 4.22. The smallest absolute Gasteiger partial charge is 0.283 e. The Hall–Kier alpha value is -3.72. The van der Waals surface area contributed by atoms with E-state index in [9.17, 15) is 4.79 Å². The van der Waals surface area contributed by atoms with Gasteiger partial charge < -0.3 is 9.47 Å². The molecule has 0 saturated carbocycles. The molecule has 0 atom stereocenters. The minimum Gasteiger partial charge on any atom is -0.493 e. The molecule has 1 amide bonds. The summed E-state index contributed by atoms with van der Waals surface area (Å²) in [5, 5.41) is 15.3. The molecule has 1 N–H and O–H groups in total. The van der Waals surface area contributed by atoms with Crippen LogP contribution in [0.3, 0.4) is 0 Å². The van der Waals surface area contributed by atoms with Crippen LogP contribution in [0, 0.1) is 5.41 Å². The van der Waals surface area contributed by atoms with Gasteiger partial charge in [0.1, 0.15) is 11.7 Å².